The Bertz CT molecular complexity index is 941. The molecule has 1 aromatic heterocycles. The molecule has 170 valence electrons. The van der Waals surface area contributed by atoms with Crippen molar-refractivity contribution in [1.82, 2.24) is 19.7 Å². The molecule has 0 atom stereocenters. The van der Waals surface area contributed by atoms with Crippen LogP contribution in [-0.2, 0) is 29.5 Å². The molecule has 31 heavy (non-hydrogen) atoms. The number of carbonyl (C=O) groups is 1. The first kappa shape index (κ1) is 23.8. The van der Waals surface area contributed by atoms with Gasteiger partial charge in [-0.05, 0) is 43.4 Å². The van der Waals surface area contributed by atoms with Gasteiger partial charge < -0.3 is 15.2 Å². The number of benzene rings is 1. The summed E-state index contributed by atoms with van der Waals surface area (Å²) in [5, 5.41) is 7.59. The zero-order chi connectivity index (χ0) is 21.5. The molecule has 0 radical (unpaired) electrons. The van der Waals surface area contributed by atoms with Crippen LogP contribution in [0.1, 0.15) is 42.9 Å². The lowest BCUT2D eigenvalue weighted by atomic mass is 9.66. The van der Waals surface area contributed by atoms with Crippen LogP contribution in [0, 0.1) is 5.92 Å². The summed E-state index contributed by atoms with van der Waals surface area (Å²) in [4.78, 5) is 14.7. The molecule has 1 saturated carbocycles. The van der Waals surface area contributed by atoms with E-state index in [4.69, 9.17) is 17.3 Å². The van der Waals surface area contributed by atoms with E-state index in [9.17, 15) is 18.0 Å². The van der Waals surface area contributed by atoms with Crippen molar-refractivity contribution in [3.05, 3.63) is 46.5 Å². The van der Waals surface area contributed by atoms with Gasteiger partial charge in [0.2, 0.25) is 11.7 Å². The van der Waals surface area contributed by atoms with E-state index in [1.54, 1.807) is 4.90 Å². The molecule has 1 amide bonds. The third-order valence-corrected chi connectivity index (χ3v) is 6.67. The van der Waals surface area contributed by atoms with E-state index in [-0.39, 0.29) is 55.1 Å². The van der Waals surface area contributed by atoms with Crippen molar-refractivity contribution < 1.29 is 18.0 Å². The Labute approximate surface area is 189 Å². The van der Waals surface area contributed by atoms with Crippen LogP contribution in [0.5, 0.6) is 0 Å². The highest BCUT2D eigenvalue weighted by Crippen LogP contribution is 2.42. The highest BCUT2D eigenvalue weighted by Gasteiger charge is 2.42. The second-order valence-electron chi connectivity index (χ2n) is 8.12. The molecule has 0 spiro atoms. The van der Waals surface area contributed by atoms with Gasteiger partial charge >= 0.3 is 6.18 Å². The highest BCUT2D eigenvalue weighted by atomic mass is 35.5. The van der Waals surface area contributed by atoms with Gasteiger partial charge in [-0.2, -0.15) is 13.2 Å². The van der Waals surface area contributed by atoms with Gasteiger partial charge in [-0.3, -0.25) is 4.79 Å². The molecule has 4 rings (SSSR count). The maximum Gasteiger partial charge on any atom is 0.451 e. The minimum atomic E-state index is -4.55. The molecule has 6 nitrogen and oxygen atoms in total. The van der Waals surface area contributed by atoms with E-state index in [1.165, 1.54) is 0 Å². The predicted octanol–water partition coefficient (Wildman–Crippen LogP) is 3.80. The fourth-order valence-corrected chi connectivity index (χ4v) is 4.85. The van der Waals surface area contributed by atoms with Crippen LogP contribution in [-0.4, -0.2) is 38.7 Å². The van der Waals surface area contributed by atoms with Gasteiger partial charge in [0.1, 0.15) is 0 Å². The van der Waals surface area contributed by atoms with Crippen molar-refractivity contribution in [3.8, 4) is 0 Å². The second-order valence-corrected chi connectivity index (χ2v) is 8.55. The van der Waals surface area contributed by atoms with Crippen LogP contribution in [0.15, 0.2) is 24.3 Å². The zero-order valence-corrected chi connectivity index (χ0v) is 18.3. The van der Waals surface area contributed by atoms with Crippen molar-refractivity contribution in [3.63, 3.8) is 0 Å². The number of halogens is 5. The molecular formula is C20H24Cl2F3N5O. The zero-order valence-electron chi connectivity index (χ0n) is 16.7. The summed E-state index contributed by atoms with van der Waals surface area (Å²) in [6.45, 7) is 0.792. The molecule has 1 fully saturated rings. The minimum Gasteiger partial charge on any atom is -0.333 e. The van der Waals surface area contributed by atoms with E-state index in [2.05, 4.69) is 10.2 Å². The molecule has 2 N–H and O–H groups in total. The SMILES string of the molecule is Cl.NCC1(c2cccc(Cl)c2)CCC(C(=O)N2CCn3c(nnc3C(F)(F)F)C2)CC1. The summed E-state index contributed by atoms with van der Waals surface area (Å²) in [5.74, 6) is -1.03. The Kier molecular flexibility index (Phi) is 6.88. The summed E-state index contributed by atoms with van der Waals surface area (Å²) in [7, 11) is 0. The standard InChI is InChI=1S/C20H23ClF3N5O.ClH/c21-15-3-1-2-14(10-15)19(12-25)6-4-13(5-7-19)17(30)28-8-9-29-16(11-28)26-27-18(29)20(22,23)24;/h1-3,10,13H,4-9,11-12,25H2;1H. The largest absolute Gasteiger partial charge is 0.451 e. The van der Waals surface area contributed by atoms with E-state index < -0.39 is 12.0 Å². The highest BCUT2D eigenvalue weighted by molar-refractivity contribution is 6.30. The van der Waals surface area contributed by atoms with E-state index in [0.29, 0.717) is 24.4 Å². The van der Waals surface area contributed by atoms with Crippen molar-refractivity contribution >= 4 is 29.9 Å². The summed E-state index contributed by atoms with van der Waals surface area (Å²) in [6.07, 6.45) is -1.66. The lowest BCUT2D eigenvalue weighted by molar-refractivity contribution is -0.148. The van der Waals surface area contributed by atoms with Crippen LogP contribution >= 0.6 is 24.0 Å². The maximum atomic E-state index is 13.1. The second kappa shape index (κ2) is 8.96. The number of nitrogens with two attached hydrogens (primary N) is 1. The average molecular weight is 478 g/mol. The number of nitrogens with zero attached hydrogens (tertiary/aromatic N) is 4. The number of amides is 1. The number of hydrogen-bond donors (Lipinski definition) is 1. The summed E-state index contributed by atoms with van der Waals surface area (Å²) < 4.78 is 40.1. The molecular weight excluding hydrogens is 454 g/mol. The Morgan fingerprint density at radius 3 is 2.55 bits per heavy atom. The van der Waals surface area contributed by atoms with Gasteiger partial charge in [-0.15, -0.1) is 22.6 Å². The van der Waals surface area contributed by atoms with Crippen molar-refractivity contribution in [2.45, 2.75) is 50.4 Å². The molecule has 0 saturated heterocycles. The maximum absolute atomic E-state index is 13.1. The van der Waals surface area contributed by atoms with Crippen LogP contribution in [0.25, 0.3) is 0 Å². The first-order chi connectivity index (χ1) is 14.2. The van der Waals surface area contributed by atoms with Crippen LogP contribution in [0.2, 0.25) is 5.02 Å². The number of alkyl halides is 3. The Balaban J connectivity index is 0.00000272. The topological polar surface area (TPSA) is 77.0 Å². The molecule has 1 aliphatic heterocycles. The van der Waals surface area contributed by atoms with Gasteiger partial charge in [0.15, 0.2) is 5.82 Å². The van der Waals surface area contributed by atoms with Gasteiger partial charge in [0.25, 0.3) is 0 Å². The average Bonchev–Trinajstić information content (AvgIpc) is 3.17. The van der Waals surface area contributed by atoms with E-state index in [1.807, 2.05) is 24.3 Å². The molecule has 0 bridgehead atoms. The van der Waals surface area contributed by atoms with Crippen molar-refractivity contribution in [2.75, 3.05) is 13.1 Å². The molecule has 1 aliphatic carbocycles. The molecule has 2 heterocycles. The molecule has 2 aliphatic rings. The van der Waals surface area contributed by atoms with Gasteiger partial charge in [0, 0.05) is 36.0 Å². The number of hydrogen-bond acceptors (Lipinski definition) is 4. The molecule has 0 unspecified atom stereocenters. The summed E-state index contributed by atoms with van der Waals surface area (Å²) in [5.41, 5.74) is 7.02. The normalized spacial score (nSPS) is 23.8. The number of carbonyl (C=O) groups excluding carboxylic acids is 1. The fraction of sp³-hybridized carbons (Fsp3) is 0.550. The smallest absolute Gasteiger partial charge is 0.333 e. The number of aromatic nitrogens is 3. The van der Waals surface area contributed by atoms with Gasteiger partial charge in [-0.25, -0.2) is 0 Å². The van der Waals surface area contributed by atoms with Crippen molar-refractivity contribution in [2.24, 2.45) is 11.7 Å². The van der Waals surface area contributed by atoms with Crippen LogP contribution < -0.4 is 5.73 Å². The third-order valence-electron chi connectivity index (χ3n) is 6.44. The molecule has 11 heteroatoms. The monoisotopic (exact) mass is 477 g/mol. The predicted molar refractivity (Wildman–Crippen MR) is 112 cm³/mol. The quantitative estimate of drug-likeness (QED) is 0.728. The number of fused-ring (bicyclic) bond motifs is 1. The van der Waals surface area contributed by atoms with Crippen LogP contribution in [0.4, 0.5) is 13.2 Å². The fourth-order valence-electron chi connectivity index (χ4n) is 4.66. The van der Waals surface area contributed by atoms with Crippen molar-refractivity contribution in [1.29, 1.82) is 0 Å². The van der Waals surface area contributed by atoms with Gasteiger partial charge in [-0.1, -0.05) is 23.7 Å². The summed E-state index contributed by atoms with van der Waals surface area (Å²) in [6, 6.07) is 7.69. The Hall–Kier alpha value is -1.84. The Morgan fingerprint density at radius 2 is 1.94 bits per heavy atom. The van der Waals surface area contributed by atoms with E-state index in [0.717, 1.165) is 23.0 Å². The first-order valence-corrected chi connectivity index (χ1v) is 10.4. The number of rotatable bonds is 3. The Morgan fingerprint density at radius 1 is 1.23 bits per heavy atom. The lowest BCUT2D eigenvalue weighted by Gasteiger charge is -2.41. The molecule has 2 aromatic rings. The summed E-state index contributed by atoms with van der Waals surface area (Å²) >= 11 is 6.15. The lowest BCUT2D eigenvalue weighted by Crippen LogP contribution is -2.46. The first-order valence-electron chi connectivity index (χ1n) is 9.98. The van der Waals surface area contributed by atoms with Gasteiger partial charge in [0.05, 0.1) is 6.54 Å². The van der Waals surface area contributed by atoms with Crippen LogP contribution in [0.3, 0.4) is 0 Å². The minimum absolute atomic E-state index is 0. The van der Waals surface area contributed by atoms with E-state index >= 15 is 0 Å². The third kappa shape index (κ3) is 4.54. The molecule has 1 aromatic carbocycles.